The first-order chi connectivity index (χ1) is 15.0. The Morgan fingerprint density at radius 1 is 1.06 bits per heavy atom. The quantitative estimate of drug-likeness (QED) is 0.353. The third-order valence-electron chi connectivity index (χ3n) is 4.20. The molecule has 0 radical (unpaired) electrons. The van der Waals surface area contributed by atoms with Crippen LogP contribution in [0, 0.1) is 5.82 Å². The van der Waals surface area contributed by atoms with Gasteiger partial charge in [0.15, 0.2) is 0 Å². The number of benzene rings is 2. The molecule has 1 heterocycles. The molecule has 160 valence electrons. The molecule has 8 heteroatoms. The minimum Gasteiger partial charge on any atom is -0.465 e. The first-order valence-corrected chi connectivity index (χ1v) is 11.0. The molecule has 5 nitrogen and oxygen atoms in total. The van der Waals surface area contributed by atoms with Crippen LogP contribution < -0.4 is 10.6 Å². The van der Waals surface area contributed by atoms with Gasteiger partial charge in [0.1, 0.15) is 17.3 Å². The van der Waals surface area contributed by atoms with E-state index < -0.39 is 11.8 Å². The predicted octanol–water partition coefficient (Wildman–Crippen LogP) is 4.89. The molecular weight excluding hydrogens is 439 g/mol. The molecule has 2 N–H and O–H groups in total. The highest BCUT2D eigenvalue weighted by Gasteiger charge is 2.15. The molecule has 0 aliphatic heterocycles. The first-order valence-electron chi connectivity index (χ1n) is 9.45. The zero-order valence-corrected chi connectivity index (χ0v) is 18.0. The van der Waals surface area contributed by atoms with Crippen molar-refractivity contribution in [2.24, 2.45) is 0 Å². The van der Waals surface area contributed by atoms with Crippen molar-refractivity contribution in [3.8, 4) is 0 Å². The first kappa shape index (κ1) is 22.7. The molecule has 0 fully saturated rings. The van der Waals surface area contributed by atoms with E-state index in [0.717, 1.165) is 0 Å². The van der Waals surface area contributed by atoms with Gasteiger partial charge in [-0.25, -0.2) is 4.39 Å². The number of hydrogen-bond donors (Lipinski definition) is 2. The Labute approximate surface area is 188 Å². The normalized spacial score (nSPS) is 11.2. The number of amides is 2. The van der Waals surface area contributed by atoms with Crippen LogP contribution in [0.3, 0.4) is 0 Å². The lowest BCUT2D eigenvalue weighted by Crippen LogP contribution is -2.35. The van der Waals surface area contributed by atoms with Crippen molar-refractivity contribution in [2.75, 3.05) is 12.3 Å². The molecule has 2 amide bonds. The third-order valence-corrected chi connectivity index (χ3v) is 5.54. The average Bonchev–Trinajstić information content (AvgIpc) is 3.28. The molecule has 0 aliphatic carbocycles. The molecule has 0 spiro atoms. The number of furan rings is 1. The summed E-state index contributed by atoms with van der Waals surface area (Å²) in [6.45, 7) is 0.326. The van der Waals surface area contributed by atoms with Gasteiger partial charge in [0, 0.05) is 40.3 Å². The van der Waals surface area contributed by atoms with Crippen molar-refractivity contribution in [1.29, 1.82) is 0 Å². The van der Waals surface area contributed by atoms with Crippen LogP contribution in [0.15, 0.2) is 77.0 Å². The van der Waals surface area contributed by atoms with Crippen LogP contribution in [0.5, 0.6) is 0 Å². The van der Waals surface area contributed by atoms with Crippen LogP contribution in [0.25, 0.3) is 6.08 Å². The van der Waals surface area contributed by atoms with E-state index in [2.05, 4.69) is 10.6 Å². The zero-order valence-electron chi connectivity index (χ0n) is 16.4. The molecule has 3 aromatic rings. The Kier molecular flexibility index (Phi) is 8.32. The van der Waals surface area contributed by atoms with Crippen LogP contribution in [0.2, 0.25) is 5.02 Å². The SMILES string of the molecule is O=C(NCCSCc1c(F)cccc1Cl)/C(=C/c1ccco1)NC(=O)c1ccccc1. The van der Waals surface area contributed by atoms with E-state index in [1.54, 1.807) is 54.6 Å². The maximum absolute atomic E-state index is 13.8. The van der Waals surface area contributed by atoms with Gasteiger partial charge in [-0.05, 0) is 36.4 Å². The standard InChI is InChI=1S/C23H20ClFN2O3S/c24-19-9-4-10-20(25)18(19)15-31-13-11-26-23(29)21(14-17-8-5-12-30-17)27-22(28)16-6-2-1-3-7-16/h1-10,12,14H,11,13,15H2,(H,26,29)(H,27,28)/b21-14-. The fourth-order valence-corrected chi connectivity index (χ4v) is 3.83. The third kappa shape index (κ3) is 6.73. The Morgan fingerprint density at radius 3 is 2.58 bits per heavy atom. The van der Waals surface area contributed by atoms with Crippen molar-refractivity contribution >= 4 is 41.3 Å². The van der Waals surface area contributed by atoms with E-state index in [1.165, 1.54) is 30.2 Å². The number of carbonyl (C=O) groups is 2. The summed E-state index contributed by atoms with van der Waals surface area (Å²) < 4.78 is 19.1. The minimum absolute atomic E-state index is 0.0611. The largest absolute Gasteiger partial charge is 0.465 e. The lowest BCUT2D eigenvalue weighted by molar-refractivity contribution is -0.117. The van der Waals surface area contributed by atoms with Crippen LogP contribution >= 0.6 is 23.4 Å². The molecule has 3 rings (SSSR count). The summed E-state index contributed by atoms with van der Waals surface area (Å²) >= 11 is 7.46. The van der Waals surface area contributed by atoms with Gasteiger partial charge in [0.25, 0.3) is 11.8 Å². The highest BCUT2D eigenvalue weighted by molar-refractivity contribution is 7.98. The fraction of sp³-hybridized carbons (Fsp3) is 0.130. The van der Waals surface area contributed by atoms with Crippen LogP contribution in [-0.4, -0.2) is 24.1 Å². The van der Waals surface area contributed by atoms with Gasteiger partial charge in [-0.3, -0.25) is 9.59 Å². The number of hydrogen-bond acceptors (Lipinski definition) is 4. The number of rotatable bonds is 9. The second-order valence-corrected chi connectivity index (χ2v) is 7.91. The van der Waals surface area contributed by atoms with E-state index in [1.807, 2.05) is 0 Å². The van der Waals surface area contributed by atoms with Crippen molar-refractivity contribution in [2.45, 2.75) is 5.75 Å². The Morgan fingerprint density at radius 2 is 1.87 bits per heavy atom. The van der Waals surface area contributed by atoms with Crippen LogP contribution in [0.4, 0.5) is 4.39 Å². The topological polar surface area (TPSA) is 71.3 Å². The molecule has 0 aliphatic rings. The molecule has 31 heavy (non-hydrogen) atoms. The van der Waals surface area contributed by atoms with E-state index >= 15 is 0 Å². The molecule has 0 atom stereocenters. The van der Waals surface area contributed by atoms with E-state index in [4.69, 9.17) is 16.0 Å². The summed E-state index contributed by atoms with van der Waals surface area (Å²) in [6.07, 6.45) is 2.94. The lowest BCUT2D eigenvalue weighted by Gasteiger charge is -2.11. The molecule has 1 aromatic heterocycles. The summed E-state index contributed by atoms with van der Waals surface area (Å²) in [6, 6.07) is 16.5. The summed E-state index contributed by atoms with van der Waals surface area (Å²) in [5.74, 6) is 0.152. The molecule has 0 bridgehead atoms. The maximum atomic E-state index is 13.8. The van der Waals surface area contributed by atoms with Crippen molar-refractivity contribution in [1.82, 2.24) is 10.6 Å². The van der Waals surface area contributed by atoms with E-state index in [0.29, 0.717) is 40.0 Å². The van der Waals surface area contributed by atoms with Crippen LogP contribution in [0.1, 0.15) is 21.7 Å². The molecule has 0 saturated carbocycles. The van der Waals surface area contributed by atoms with Gasteiger partial charge in [-0.15, -0.1) is 0 Å². The van der Waals surface area contributed by atoms with Gasteiger partial charge >= 0.3 is 0 Å². The molecule has 0 saturated heterocycles. The number of halogens is 2. The van der Waals surface area contributed by atoms with Crippen molar-refractivity contribution in [3.63, 3.8) is 0 Å². The summed E-state index contributed by atoms with van der Waals surface area (Å²) in [5, 5.41) is 5.76. The van der Waals surface area contributed by atoms with Gasteiger partial charge in [0.2, 0.25) is 0 Å². The molecule has 2 aromatic carbocycles. The fourth-order valence-electron chi connectivity index (χ4n) is 2.63. The van der Waals surface area contributed by atoms with Crippen molar-refractivity contribution in [3.05, 3.63) is 100 Å². The number of carbonyl (C=O) groups excluding carboxylic acids is 2. The van der Waals surface area contributed by atoms with Gasteiger partial charge in [-0.2, -0.15) is 11.8 Å². The summed E-state index contributed by atoms with van der Waals surface area (Å²) in [7, 11) is 0. The second-order valence-electron chi connectivity index (χ2n) is 6.40. The Hall–Kier alpha value is -3.03. The highest BCUT2D eigenvalue weighted by Crippen LogP contribution is 2.23. The Bertz CT molecular complexity index is 1040. The average molecular weight is 459 g/mol. The van der Waals surface area contributed by atoms with E-state index in [-0.39, 0.29) is 11.5 Å². The summed E-state index contributed by atoms with van der Waals surface area (Å²) in [4.78, 5) is 25.1. The highest BCUT2D eigenvalue weighted by atomic mass is 35.5. The minimum atomic E-state index is -0.454. The van der Waals surface area contributed by atoms with E-state index in [9.17, 15) is 14.0 Å². The maximum Gasteiger partial charge on any atom is 0.267 e. The van der Waals surface area contributed by atoms with Gasteiger partial charge in [-0.1, -0.05) is 35.9 Å². The summed E-state index contributed by atoms with van der Waals surface area (Å²) in [5.41, 5.74) is 0.929. The molecule has 0 unspecified atom stereocenters. The Balaban J connectivity index is 1.56. The second kappa shape index (κ2) is 11.4. The predicted molar refractivity (Wildman–Crippen MR) is 121 cm³/mol. The number of nitrogens with one attached hydrogen (secondary N) is 2. The number of thioether (sulfide) groups is 1. The monoisotopic (exact) mass is 458 g/mol. The van der Waals surface area contributed by atoms with Gasteiger partial charge < -0.3 is 15.1 Å². The van der Waals surface area contributed by atoms with Crippen molar-refractivity contribution < 1.29 is 18.4 Å². The van der Waals surface area contributed by atoms with Gasteiger partial charge in [0.05, 0.1) is 6.26 Å². The van der Waals surface area contributed by atoms with Crippen LogP contribution in [-0.2, 0) is 10.5 Å². The zero-order chi connectivity index (χ0) is 22.1. The molecular formula is C23H20ClFN2O3S. The lowest BCUT2D eigenvalue weighted by atomic mass is 10.2. The smallest absolute Gasteiger partial charge is 0.267 e.